The third kappa shape index (κ3) is 6.91. The second-order valence-electron chi connectivity index (χ2n) is 9.47. The van der Waals surface area contributed by atoms with E-state index in [2.05, 4.69) is 4.98 Å². The van der Waals surface area contributed by atoms with E-state index in [1.807, 2.05) is 11.6 Å². The van der Waals surface area contributed by atoms with Gasteiger partial charge in [-0.15, -0.1) is 0 Å². The van der Waals surface area contributed by atoms with Crippen LogP contribution < -0.4 is 4.72 Å². The number of benzene rings is 3. The van der Waals surface area contributed by atoms with E-state index in [-0.39, 0.29) is 29.2 Å². The number of imidazole rings is 1. The van der Waals surface area contributed by atoms with Crippen LogP contribution >= 0.6 is 0 Å². The summed E-state index contributed by atoms with van der Waals surface area (Å²) in [7, 11) is -4.51. The molecule has 2 N–H and O–H groups in total. The number of aryl methyl sites for hydroxylation is 1. The first kappa shape index (κ1) is 31.3. The van der Waals surface area contributed by atoms with Crippen LogP contribution in [0.15, 0.2) is 71.6 Å². The lowest BCUT2D eigenvalue weighted by Crippen LogP contribution is -2.31. The van der Waals surface area contributed by atoms with Crippen molar-refractivity contribution in [1.29, 1.82) is 0 Å². The van der Waals surface area contributed by atoms with Gasteiger partial charge in [-0.3, -0.25) is 4.79 Å². The van der Waals surface area contributed by atoms with Gasteiger partial charge in [-0.1, -0.05) is 55.8 Å². The molecular formula is C29H24F5N3O5S. The molecule has 8 nitrogen and oxygen atoms in total. The van der Waals surface area contributed by atoms with E-state index in [1.54, 1.807) is 6.07 Å². The zero-order valence-corrected chi connectivity index (χ0v) is 23.3. The Morgan fingerprint density at radius 1 is 0.977 bits per heavy atom. The maximum absolute atomic E-state index is 13.6. The van der Waals surface area contributed by atoms with Crippen molar-refractivity contribution in [3.63, 3.8) is 0 Å². The third-order valence-corrected chi connectivity index (χ3v) is 7.85. The number of unbranched alkanes of at least 4 members (excludes halogenated alkanes) is 1. The maximum Gasteiger partial charge on any atom is 0.435 e. The fourth-order valence-electron chi connectivity index (χ4n) is 4.39. The van der Waals surface area contributed by atoms with Gasteiger partial charge in [0.2, 0.25) is 0 Å². The molecule has 1 amide bonds. The Balaban J connectivity index is 1.65. The predicted octanol–water partition coefficient (Wildman–Crippen LogP) is 6.05. The zero-order chi connectivity index (χ0) is 31.5. The first-order chi connectivity index (χ1) is 20.2. The summed E-state index contributed by atoms with van der Waals surface area (Å²) in [5.41, 5.74) is -1.94. The summed E-state index contributed by atoms with van der Waals surface area (Å²) in [6, 6.07) is 13.8. The Morgan fingerprint density at radius 2 is 1.65 bits per heavy atom. The van der Waals surface area contributed by atoms with Crippen LogP contribution in [0.4, 0.5) is 22.0 Å². The van der Waals surface area contributed by atoms with E-state index < -0.39 is 56.7 Å². The molecule has 0 radical (unpaired) electrons. The molecule has 4 rings (SSSR count). The number of alkyl halides is 3. The summed E-state index contributed by atoms with van der Waals surface area (Å²) < 4.78 is 96.7. The molecule has 0 aliphatic heterocycles. The smallest absolute Gasteiger partial charge is 0.435 e. The Bertz CT molecular complexity index is 1790. The van der Waals surface area contributed by atoms with E-state index in [0.717, 1.165) is 10.6 Å². The molecule has 226 valence electrons. The molecule has 4 aromatic rings. The van der Waals surface area contributed by atoms with Gasteiger partial charge in [0, 0.05) is 24.1 Å². The molecule has 0 aliphatic rings. The topological polar surface area (TPSA) is 118 Å². The molecule has 0 unspecified atom stereocenters. The minimum Gasteiger partial charge on any atom is -0.477 e. The molecule has 0 atom stereocenters. The van der Waals surface area contributed by atoms with Gasteiger partial charge in [-0.25, -0.2) is 31.7 Å². The number of carboxylic acids is 1. The van der Waals surface area contributed by atoms with E-state index in [0.29, 0.717) is 36.1 Å². The number of amides is 1. The van der Waals surface area contributed by atoms with Crippen LogP contribution in [0.25, 0.3) is 11.1 Å². The molecule has 0 fully saturated rings. The van der Waals surface area contributed by atoms with Crippen LogP contribution in [-0.4, -0.2) is 35.0 Å². The van der Waals surface area contributed by atoms with Gasteiger partial charge in [0.05, 0.1) is 4.90 Å². The van der Waals surface area contributed by atoms with E-state index in [4.69, 9.17) is 0 Å². The summed E-state index contributed by atoms with van der Waals surface area (Å²) in [4.78, 5) is 27.7. The van der Waals surface area contributed by atoms with Crippen LogP contribution in [0.1, 0.15) is 57.7 Å². The monoisotopic (exact) mass is 621 g/mol. The molecule has 0 saturated carbocycles. The number of aromatic carboxylic acids is 1. The van der Waals surface area contributed by atoms with Crippen molar-refractivity contribution in [3.8, 4) is 11.1 Å². The SMILES string of the molecule is CCCCc1nc(C(F)(F)F)c(C(=O)O)n1Cc1ccc(-c2ccccc2S(=O)(=O)NC(=O)c2ccc(F)c(F)c2)cc1. The number of hydrogen-bond donors (Lipinski definition) is 2. The van der Waals surface area contributed by atoms with Crippen LogP contribution in [0.2, 0.25) is 0 Å². The second kappa shape index (κ2) is 12.3. The number of nitrogens with zero attached hydrogens (tertiary/aromatic N) is 2. The highest BCUT2D eigenvalue weighted by atomic mass is 32.2. The largest absolute Gasteiger partial charge is 0.477 e. The highest BCUT2D eigenvalue weighted by Gasteiger charge is 2.41. The quantitative estimate of drug-likeness (QED) is 0.208. The number of halogens is 5. The lowest BCUT2D eigenvalue weighted by atomic mass is 10.0. The summed E-state index contributed by atoms with van der Waals surface area (Å²) in [5, 5.41) is 9.60. The lowest BCUT2D eigenvalue weighted by molar-refractivity contribution is -0.141. The number of nitrogens with one attached hydrogen (secondary N) is 1. The van der Waals surface area contributed by atoms with Gasteiger partial charge >= 0.3 is 12.1 Å². The Kier molecular flexibility index (Phi) is 8.99. The molecule has 14 heteroatoms. The minimum absolute atomic E-state index is 0.0242. The zero-order valence-electron chi connectivity index (χ0n) is 22.5. The van der Waals surface area contributed by atoms with Crippen LogP contribution in [0, 0.1) is 11.6 Å². The van der Waals surface area contributed by atoms with Crippen molar-refractivity contribution in [2.75, 3.05) is 0 Å². The Hall–Kier alpha value is -4.59. The number of carbonyl (C=O) groups excluding carboxylic acids is 1. The van der Waals surface area contributed by atoms with E-state index in [1.165, 1.54) is 42.5 Å². The molecule has 1 aromatic heterocycles. The van der Waals surface area contributed by atoms with Crippen LogP contribution in [0.5, 0.6) is 0 Å². The molecular weight excluding hydrogens is 597 g/mol. The first-order valence-electron chi connectivity index (χ1n) is 12.8. The predicted molar refractivity (Wildman–Crippen MR) is 145 cm³/mol. The van der Waals surface area contributed by atoms with Crippen molar-refractivity contribution < 1.29 is 45.1 Å². The maximum atomic E-state index is 13.6. The lowest BCUT2D eigenvalue weighted by Gasteiger charge is -2.14. The molecule has 0 bridgehead atoms. The fourth-order valence-corrected chi connectivity index (χ4v) is 5.60. The molecule has 0 saturated heterocycles. The third-order valence-electron chi connectivity index (χ3n) is 6.46. The van der Waals surface area contributed by atoms with Gasteiger partial charge in [0.25, 0.3) is 15.9 Å². The number of carboxylic acid groups (broad SMARTS) is 1. The van der Waals surface area contributed by atoms with Gasteiger partial charge in [-0.05, 0) is 41.8 Å². The highest BCUT2D eigenvalue weighted by molar-refractivity contribution is 7.90. The Morgan fingerprint density at radius 3 is 2.26 bits per heavy atom. The van der Waals surface area contributed by atoms with Gasteiger partial charge < -0.3 is 9.67 Å². The molecule has 0 spiro atoms. The number of sulfonamides is 1. The Labute approximate surface area is 242 Å². The summed E-state index contributed by atoms with van der Waals surface area (Å²) in [6.45, 7) is 1.59. The fraction of sp³-hybridized carbons (Fsp3) is 0.207. The van der Waals surface area contributed by atoms with Crippen molar-refractivity contribution >= 4 is 21.9 Å². The minimum atomic E-state index is -4.97. The standard InChI is InChI=1S/C29H24F5N3O5S/c1-2-3-8-24-35-26(29(32,33)34)25(28(39)40)37(24)16-17-9-11-18(12-10-17)20-6-4-5-7-23(20)43(41,42)36-27(38)19-13-14-21(30)22(31)15-19/h4-7,9-15H,2-3,8,16H2,1H3,(H,36,38)(H,39,40). The number of carbonyl (C=O) groups is 2. The molecule has 1 heterocycles. The van der Waals surface area contributed by atoms with E-state index in [9.17, 15) is 45.1 Å². The van der Waals surface area contributed by atoms with Crippen molar-refractivity contribution in [1.82, 2.24) is 14.3 Å². The summed E-state index contributed by atoms with van der Waals surface area (Å²) >= 11 is 0. The highest BCUT2D eigenvalue weighted by Crippen LogP contribution is 2.33. The number of hydrogen-bond acceptors (Lipinski definition) is 5. The van der Waals surface area contributed by atoms with Gasteiger partial charge in [-0.2, -0.15) is 13.2 Å². The normalized spacial score (nSPS) is 11.9. The molecule has 3 aromatic carbocycles. The number of aromatic nitrogens is 2. The molecule has 43 heavy (non-hydrogen) atoms. The first-order valence-corrected chi connectivity index (χ1v) is 14.3. The van der Waals surface area contributed by atoms with Crippen molar-refractivity contribution in [2.24, 2.45) is 0 Å². The average Bonchev–Trinajstić information content (AvgIpc) is 3.32. The molecule has 0 aliphatic carbocycles. The van der Waals surface area contributed by atoms with Gasteiger partial charge in [0.15, 0.2) is 23.0 Å². The van der Waals surface area contributed by atoms with Crippen molar-refractivity contribution in [2.45, 2.75) is 43.8 Å². The average molecular weight is 622 g/mol. The summed E-state index contributed by atoms with van der Waals surface area (Å²) in [6.07, 6.45) is -3.70. The summed E-state index contributed by atoms with van der Waals surface area (Å²) in [5.74, 6) is -5.52. The number of rotatable bonds is 10. The van der Waals surface area contributed by atoms with Gasteiger partial charge in [0.1, 0.15) is 5.82 Å². The van der Waals surface area contributed by atoms with Crippen LogP contribution in [0.3, 0.4) is 0 Å². The second-order valence-corrected chi connectivity index (χ2v) is 11.1. The van der Waals surface area contributed by atoms with E-state index >= 15 is 0 Å². The van der Waals surface area contributed by atoms with Crippen molar-refractivity contribution in [3.05, 3.63) is 107 Å². The van der Waals surface area contributed by atoms with Crippen LogP contribution in [-0.2, 0) is 29.2 Å².